The van der Waals surface area contributed by atoms with Crippen molar-refractivity contribution in [3.8, 4) is 5.75 Å². The number of allylic oxidation sites excluding steroid dienone is 1. The number of likely N-dealkylation sites (tertiary alicyclic amines) is 1. The molecule has 5 heteroatoms. The fraction of sp³-hybridized carbons (Fsp3) is 0.259. The predicted octanol–water partition coefficient (Wildman–Crippen LogP) is 6.68. The zero-order valence-corrected chi connectivity index (χ0v) is 17.8. The first kappa shape index (κ1) is 22.2. The molecule has 1 saturated heterocycles. The lowest BCUT2D eigenvalue weighted by molar-refractivity contribution is -0.0685. The Bertz CT molecular complexity index is 1020. The Kier molecular flexibility index (Phi) is 6.96. The van der Waals surface area contributed by atoms with Crippen LogP contribution in [0.1, 0.15) is 29.5 Å². The summed E-state index contributed by atoms with van der Waals surface area (Å²) < 4.78 is 48.8. The molecule has 0 atom stereocenters. The maximum Gasteiger partial charge on any atom is 0.417 e. The van der Waals surface area contributed by atoms with Gasteiger partial charge in [-0.3, -0.25) is 4.90 Å². The van der Waals surface area contributed by atoms with Crippen LogP contribution in [0.4, 0.5) is 13.2 Å². The third-order valence-electron chi connectivity index (χ3n) is 5.68. The first-order chi connectivity index (χ1) is 15.5. The van der Waals surface area contributed by atoms with Crippen LogP contribution in [0.5, 0.6) is 5.75 Å². The third-order valence-corrected chi connectivity index (χ3v) is 5.68. The van der Waals surface area contributed by atoms with Gasteiger partial charge in [-0.1, -0.05) is 72.8 Å². The molecule has 3 aromatic carbocycles. The number of nitrogens with zero attached hydrogens (tertiary/aromatic N) is 1. The number of benzene rings is 3. The molecule has 1 fully saturated rings. The third kappa shape index (κ3) is 5.40. The highest BCUT2D eigenvalue weighted by molar-refractivity contribution is 6.00. The molecular weight excluding hydrogens is 411 g/mol. The van der Waals surface area contributed by atoms with Crippen LogP contribution in [0.3, 0.4) is 0 Å². The monoisotopic (exact) mass is 437 g/mol. The fourth-order valence-corrected chi connectivity index (χ4v) is 4.13. The van der Waals surface area contributed by atoms with Gasteiger partial charge < -0.3 is 4.74 Å². The lowest BCUT2D eigenvalue weighted by Crippen LogP contribution is -2.25. The van der Waals surface area contributed by atoms with Crippen LogP contribution in [0, 0.1) is 0 Å². The average molecular weight is 438 g/mol. The second-order valence-corrected chi connectivity index (χ2v) is 7.90. The Hall–Kier alpha value is -3.05. The summed E-state index contributed by atoms with van der Waals surface area (Å²) in [6.45, 7) is 3.64. The molecule has 0 N–H and O–H groups in total. The first-order valence-electron chi connectivity index (χ1n) is 10.9. The second-order valence-electron chi connectivity index (χ2n) is 7.90. The van der Waals surface area contributed by atoms with Crippen LogP contribution in [0.25, 0.3) is 11.1 Å². The van der Waals surface area contributed by atoms with Gasteiger partial charge in [-0.25, -0.2) is 0 Å². The molecule has 1 heterocycles. The van der Waals surface area contributed by atoms with Gasteiger partial charge >= 0.3 is 6.18 Å². The van der Waals surface area contributed by atoms with Gasteiger partial charge in [0, 0.05) is 12.1 Å². The highest BCUT2D eigenvalue weighted by Gasteiger charge is 2.38. The molecule has 0 aromatic heterocycles. The Morgan fingerprint density at radius 2 is 1.25 bits per heavy atom. The summed E-state index contributed by atoms with van der Waals surface area (Å²) in [5.74, 6) is 0.661. The Labute approximate surface area is 187 Å². The summed E-state index contributed by atoms with van der Waals surface area (Å²) >= 11 is 0. The molecule has 0 amide bonds. The lowest BCUT2D eigenvalue weighted by Gasteiger charge is -2.20. The van der Waals surface area contributed by atoms with Crippen molar-refractivity contribution in [2.24, 2.45) is 0 Å². The van der Waals surface area contributed by atoms with Gasteiger partial charge in [-0.15, -0.1) is 0 Å². The van der Waals surface area contributed by atoms with E-state index < -0.39 is 11.7 Å². The van der Waals surface area contributed by atoms with E-state index in [1.165, 1.54) is 25.0 Å². The molecule has 0 saturated carbocycles. The average Bonchev–Trinajstić information content (AvgIpc) is 3.32. The van der Waals surface area contributed by atoms with Crippen molar-refractivity contribution in [3.63, 3.8) is 0 Å². The highest BCUT2D eigenvalue weighted by Crippen LogP contribution is 2.42. The topological polar surface area (TPSA) is 12.5 Å². The minimum Gasteiger partial charge on any atom is -0.492 e. The number of ether oxygens (including phenoxy) is 1. The number of rotatable bonds is 7. The van der Waals surface area contributed by atoms with Gasteiger partial charge in [0.1, 0.15) is 12.4 Å². The van der Waals surface area contributed by atoms with Crippen LogP contribution < -0.4 is 4.74 Å². The van der Waals surface area contributed by atoms with Crippen molar-refractivity contribution in [1.29, 1.82) is 0 Å². The molecular formula is C27H26F3NO. The normalized spacial score (nSPS) is 15.5. The van der Waals surface area contributed by atoms with Gasteiger partial charge in [0.15, 0.2) is 0 Å². The van der Waals surface area contributed by atoms with E-state index in [1.54, 1.807) is 72.8 Å². The number of hydrogen-bond donors (Lipinski definition) is 0. The number of alkyl halides is 3. The quantitative estimate of drug-likeness (QED) is 0.382. The van der Waals surface area contributed by atoms with Crippen molar-refractivity contribution in [1.82, 2.24) is 4.90 Å². The molecule has 0 unspecified atom stereocenters. The van der Waals surface area contributed by atoms with Crippen molar-refractivity contribution in [3.05, 3.63) is 102 Å². The number of halogens is 3. The summed E-state index contributed by atoms with van der Waals surface area (Å²) in [5, 5.41) is 0. The standard InChI is InChI=1S/C27H26F3NO/c28-27(29,30)26(23-11-5-2-6-12-23)25(21-9-3-1-4-10-21)22-13-15-24(16-14-22)32-20-19-31-17-7-8-18-31/h1-6,9-16H,7-8,17-20H2. The predicted molar refractivity (Wildman–Crippen MR) is 122 cm³/mol. The number of hydrogen-bond acceptors (Lipinski definition) is 2. The van der Waals surface area contributed by atoms with Gasteiger partial charge in [0.25, 0.3) is 0 Å². The zero-order chi connectivity index (χ0) is 22.4. The van der Waals surface area contributed by atoms with E-state index in [4.69, 9.17) is 4.74 Å². The van der Waals surface area contributed by atoms with Crippen molar-refractivity contribution < 1.29 is 17.9 Å². The van der Waals surface area contributed by atoms with E-state index >= 15 is 0 Å². The molecule has 166 valence electrons. The molecule has 32 heavy (non-hydrogen) atoms. The van der Waals surface area contributed by atoms with E-state index in [0.717, 1.165) is 19.6 Å². The smallest absolute Gasteiger partial charge is 0.417 e. The van der Waals surface area contributed by atoms with Gasteiger partial charge in [-0.2, -0.15) is 13.2 Å². The van der Waals surface area contributed by atoms with Crippen molar-refractivity contribution in [2.75, 3.05) is 26.2 Å². The summed E-state index contributed by atoms with van der Waals surface area (Å²) in [6, 6.07) is 23.6. The Morgan fingerprint density at radius 3 is 1.81 bits per heavy atom. The molecule has 3 aromatic rings. The molecule has 0 spiro atoms. The molecule has 1 aliphatic heterocycles. The van der Waals surface area contributed by atoms with Gasteiger partial charge in [-0.05, 0) is 54.8 Å². The summed E-state index contributed by atoms with van der Waals surface area (Å²) in [7, 11) is 0. The Morgan fingerprint density at radius 1 is 0.719 bits per heavy atom. The van der Waals surface area contributed by atoms with Crippen molar-refractivity contribution >= 4 is 11.1 Å². The summed E-state index contributed by atoms with van der Waals surface area (Å²) in [6.07, 6.45) is -2.06. The van der Waals surface area contributed by atoms with Gasteiger partial charge in [0.2, 0.25) is 0 Å². The van der Waals surface area contributed by atoms with E-state index in [9.17, 15) is 13.2 Å². The van der Waals surface area contributed by atoms with E-state index in [-0.39, 0.29) is 11.1 Å². The van der Waals surface area contributed by atoms with Crippen molar-refractivity contribution in [2.45, 2.75) is 19.0 Å². The summed E-state index contributed by atoms with van der Waals surface area (Å²) in [5.41, 5.74) is 0.676. The van der Waals surface area contributed by atoms with E-state index in [0.29, 0.717) is 23.5 Å². The fourth-order valence-electron chi connectivity index (χ4n) is 4.13. The van der Waals surface area contributed by atoms with E-state index in [2.05, 4.69) is 4.90 Å². The molecule has 0 radical (unpaired) electrons. The minimum atomic E-state index is -4.52. The lowest BCUT2D eigenvalue weighted by atomic mass is 9.89. The minimum absolute atomic E-state index is 0.143. The van der Waals surface area contributed by atoms with Crippen LogP contribution in [-0.4, -0.2) is 37.3 Å². The Balaban J connectivity index is 1.68. The maximum absolute atomic E-state index is 14.3. The molecule has 1 aliphatic rings. The highest BCUT2D eigenvalue weighted by atomic mass is 19.4. The molecule has 2 nitrogen and oxygen atoms in total. The van der Waals surface area contributed by atoms with Crippen LogP contribution in [0.15, 0.2) is 84.9 Å². The summed E-state index contributed by atoms with van der Waals surface area (Å²) in [4.78, 5) is 2.36. The first-order valence-corrected chi connectivity index (χ1v) is 10.9. The van der Waals surface area contributed by atoms with Crippen LogP contribution in [-0.2, 0) is 0 Å². The van der Waals surface area contributed by atoms with Crippen LogP contribution in [0.2, 0.25) is 0 Å². The van der Waals surface area contributed by atoms with E-state index in [1.807, 2.05) is 0 Å². The largest absolute Gasteiger partial charge is 0.492 e. The van der Waals surface area contributed by atoms with Gasteiger partial charge in [0.05, 0.1) is 5.57 Å². The molecule has 0 bridgehead atoms. The molecule has 4 rings (SSSR count). The zero-order valence-electron chi connectivity index (χ0n) is 17.8. The maximum atomic E-state index is 14.3. The van der Waals surface area contributed by atoms with Crippen LogP contribution >= 0.6 is 0 Å². The second kappa shape index (κ2) is 10.0. The molecule has 0 aliphatic carbocycles. The SMILES string of the molecule is FC(F)(F)C(=C(c1ccccc1)c1ccc(OCCN2CCCC2)cc1)c1ccccc1.